The van der Waals surface area contributed by atoms with E-state index in [0.29, 0.717) is 19.6 Å². The molecule has 0 aliphatic carbocycles. The summed E-state index contributed by atoms with van der Waals surface area (Å²) in [7, 11) is 0. The van der Waals surface area contributed by atoms with Crippen LogP contribution in [-0.4, -0.2) is 49.4 Å². The second-order valence-electron chi connectivity index (χ2n) is 6.92. The molecule has 0 bridgehead atoms. The third-order valence-corrected chi connectivity index (χ3v) is 4.72. The number of ether oxygens (including phenoxy) is 1. The molecule has 6 heteroatoms. The predicted octanol–water partition coefficient (Wildman–Crippen LogP) is 1.47. The lowest BCUT2D eigenvalue weighted by Crippen LogP contribution is -3.15. The molecule has 0 aromatic heterocycles. The van der Waals surface area contributed by atoms with Gasteiger partial charge in [0.1, 0.15) is 11.5 Å². The van der Waals surface area contributed by atoms with E-state index in [2.05, 4.69) is 5.32 Å². The van der Waals surface area contributed by atoms with Crippen LogP contribution >= 0.6 is 0 Å². The van der Waals surface area contributed by atoms with Crippen molar-refractivity contribution in [3.8, 4) is 11.5 Å². The van der Waals surface area contributed by atoms with Crippen molar-refractivity contribution in [2.45, 2.75) is 13.8 Å². The Hall–Kier alpha value is -2.86. The van der Waals surface area contributed by atoms with Crippen LogP contribution in [0.5, 0.6) is 11.5 Å². The Kier molecular flexibility index (Phi) is 6.08. The van der Waals surface area contributed by atoms with Crippen molar-refractivity contribution in [3.05, 3.63) is 54.1 Å². The summed E-state index contributed by atoms with van der Waals surface area (Å²) in [5, 5.41) is 2.93. The third-order valence-electron chi connectivity index (χ3n) is 4.72. The van der Waals surface area contributed by atoms with E-state index < -0.39 is 0 Å². The highest BCUT2D eigenvalue weighted by atomic mass is 16.5. The average Bonchev–Trinajstić information content (AvgIpc) is 2.65. The van der Waals surface area contributed by atoms with Gasteiger partial charge >= 0.3 is 0 Å². The Labute approximate surface area is 159 Å². The largest absolute Gasteiger partial charge is 0.457 e. The van der Waals surface area contributed by atoms with Gasteiger partial charge in [0.15, 0.2) is 6.54 Å². The molecule has 0 spiro atoms. The summed E-state index contributed by atoms with van der Waals surface area (Å²) < 4.78 is 5.80. The number of quaternary nitrogens is 1. The van der Waals surface area contributed by atoms with Gasteiger partial charge in [-0.15, -0.1) is 0 Å². The summed E-state index contributed by atoms with van der Waals surface area (Å²) in [5.41, 5.74) is 1.93. The van der Waals surface area contributed by atoms with Crippen LogP contribution < -0.4 is 15.0 Å². The van der Waals surface area contributed by atoms with Gasteiger partial charge in [-0.1, -0.05) is 17.7 Å². The van der Waals surface area contributed by atoms with Crippen LogP contribution in [0, 0.1) is 6.92 Å². The summed E-state index contributed by atoms with van der Waals surface area (Å²) in [6, 6.07) is 15.2. The van der Waals surface area contributed by atoms with E-state index in [1.165, 1.54) is 10.5 Å². The standard InChI is InChI=1S/C21H25N3O3/c1-16-3-7-19(8-4-16)27-20-9-5-18(6-10-20)22-21(26)15-23-11-13-24(14-12-23)17(2)25/h3-10H,11-15H2,1-2H3,(H,22,26)/p+1. The highest BCUT2D eigenvalue weighted by molar-refractivity contribution is 5.91. The first-order valence-electron chi connectivity index (χ1n) is 9.23. The molecule has 2 N–H and O–H groups in total. The van der Waals surface area contributed by atoms with E-state index in [1.807, 2.05) is 60.4 Å². The minimum Gasteiger partial charge on any atom is -0.457 e. The molecule has 1 heterocycles. The molecule has 2 aromatic carbocycles. The molecule has 0 radical (unpaired) electrons. The van der Waals surface area contributed by atoms with Crippen molar-refractivity contribution in [2.75, 3.05) is 38.0 Å². The molecular weight excluding hydrogens is 342 g/mol. The summed E-state index contributed by atoms with van der Waals surface area (Å²) in [6.45, 7) is 7.06. The summed E-state index contributed by atoms with van der Waals surface area (Å²) >= 11 is 0. The molecule has 3 rings (SSSR count). The Balaban J connectivity index is 1.47. The van der Waals surface area contributed by atoms with Gasteiger partial charge in [0.05, 0.1) is 26.2 Å². The first-order chi connectivity index (χ1) is 13.0. The van der Waals surface area contributed by atoms with Crippen molar-refractivity contribution < 1.29 is 19.2 Å². The molecule has 0 atom stereocenters. The lowest BCUT2D eigenvalue weighted by Gasteiger charge is -2.31. The number of nitrogens with one attached hydrogen (secondary N) is 2. The van der Waals surface area contributed by atoms with Gasteiger partial charge in [0.25, 0.3) is 5.91 Å². The van der Waals surface area contributed by atoms with Crippen molar-refractivity contribution >= 4 is 17.5 Å². The monoisotopic (exact) mass is 368 g/mol. The lowest BCUT2D eigenvalue weighted by molar-refractivity contribution is -0.895. The maximum Gasteiger partial charge on any atom is 0.279 e. The lowest BCUT2D eigenvalue weighted by atomic mass is 10.2. The Morgan fingerprint density at radius 2 is 1.56 bits per heavy atom. The number of rotatable bonds is 5. The van der Waals surface area contributed by atoms with E-state index in [9.17, 15) is 9.59 Å². The highest BCUT2D eigenvalue weighted by Gasteiger charge is 2.23. The number of hydrogen-bond donors (Lipinski definition) is 2. The van der Waals surface area contributed by atoms with Gasteiger partial charge < -0.3 is 19.9 Å². The van der Waals surface area contributed by atoms with Crippen molar-refractivity contribution in [2.24, 2.45) is 0 Å². The quantitative estimate of drug-likeness (QED) is 0.840. The number of aryl methyl sites for hydroxylation is 1. The fraction of sp³-hybridized carbons (Fsp3) is 0.333. The Bertz CT molecular complexity index is 779. The molecule has 2 amide bonds. The van der Waals surface area contributed by atoms with Gasteiger partial charge in [0.2, 0.25) is 5.91 Å². The summed E-state index contributed by atoms with van der Waals surface area (Å²) in [4.78, 5) is 26.6. The number of anilines is 1. The summed E-state index contributed by atoms with van der Waals surface area (Å²) in [6.07, 6.45) is 0. The van der Waals surface area contributed by atoms with Crippen LogP contribution in [0.15, 0.2) is 48.5 Å². The van der Waals surface area contributed by atoms with E-state index >= 15 is 0 Å². The first kappa shape index (κ1) is 18.9. The van der Waals surface area contributed by atoms with Gasteiger partial charge in [0, 0.05) is 12.6 Å². The third kappa shape index (κ3) is 5.56. The highest BCUT2D eigenvalue weighted by Crippen LogP contribution is 2.23. The number of carbonyl (C=O) groups is 2. The smallest absolute Gasteiger partial charge is 0.279 e. The number of amides is 2. The predicted molar refractivity (Wildman–Crippen MR) is 104 cm³/mol. The number of benzene rings is 2. The second-order valence-corrected chi connectivity index (χ2v) is 6.92. The molecule has 1 fully saturated rings. The van der Waals surface area contributed by atoms with Gasteiger partial charge in [-0.25, -0.2) is 0 Å². The van der Waals surface area contributed by atoms with Crippen molar-refractivity contribution in [1.29, 1.82) is 0 Å². The zero-order chi connectivity index (χ0) is 19.2. The van der Waals surface area contributed by atoms with Crippen molar-refractivity contribution in [3.63, 3.8) is 0 Å². The van der Waals surface area contributed by atoms with E-state index in [4.69, 9.17) is 4.74 Å². The number of carbonyl (C=O) groups excluding carboxylic acids is 2. The molecule has 142 valence electrons. The van der Waals surface area contributed by atoms with Crippen LogP contribution in [0.3, 0.4) is 0 Å². The molecule has 6 nitrogen and oxygen atoms in total. The van der Waals surface area contributed by atoms with Gasteiger partial charge in [-0.05, 0) is 43.3 Å². The molecular formula is C21H26N3O3+. The minimum atomic E-state index is -0.0199. The average molecular weight is 368 g/mol. The van der Waals surface area contributed by atoms with Gasteiger partial charge in [-0.3, -0.25) is 9.59 Å². The number of hydrogen-bond acceptors (Lipinski definition) is 3. The van der Waals surface area contributed by atoms with Crippen LogP contribution in [0.1, 0.15) is 12.5 Å². The van der Waals surface area contributed by atoms with Crippen molar-refractivity contribution in [1.82, 2.24) is 4.90 Å². The van der Waals surface area contributed by atoms with Crippen LogP contribution in [-0.2, 0) is 9.59 Å². The van der Waals surface area contributed by atoms with E-state index in [0.717, 1.165) is 30.3 Å². The second kappa shape index (κ2) is 8.68. The van der Waals surface area contributed by atoms with Crippen LogP contribution in [0.25, 0.3) is 0 Å². The molecule has 27 heavy (non-hydrogen) atoms. The van der Waals surface area contributed by atoms with Crippen LogP contribution in [0.2, 0.25) is 0 Å². The minimum absolute atomic E-state index is 0.0199. The Morgan fingerprint density at radius 1 is 1.00 bits per heavy atom. The molecule has 1 aliphatic rings. The molecule has 0 saturated carbocycles. The Morgan fingerprint density at radius 3 is 2.11 bits per heavy atom. The SMILES string of the molecule is CC(=O)N1CC[NH+](CC(=O)Nc2ccc(Oc3ccc(C)cc3)cc2)CC1. The van der Waals surface area contributed by atoms with E-state index in [1.54, 1.807) is 6.92 Å². The fourth-order valence-electron chi connectivity index (χ4n) is 3.10. The normalized spacial score (nSPS) is 14.7. The maximum atomic E-state index is 12.3. The first-order valence-corrected chi connectivity index (χ1v) is 9.23. The molecule has 2 aromatic rings. The van der Waals surface area contributed by atoms with E-state index in [-0.39, 0.29) is 11.8 Å². The molecule has 1 saturated heterocycles. The molecule has 1 aliphatic heterocycles. The zero-order valence-electron chi connectivity index (χ0n) is 15.8. The number of piperazine rings is 1. The van der Waals surface area contributed by atoms with Gasteiger partial charge in [-0.2, -0.15) is 0 Å². The van der Waals surface area contributed by atoms with Crippen LogP contribution in [0.4, 0.5) is 5.69 Å². The summed E-state index contributed by atoms with van der Waals surface area (Å²) in [5.74, 6) is 1.59. The zero-order valence-corrected chi connectivity index (χ0v) is 15.8. The maximum absolute atomic E-state index is 12.3. The fourth-order valence-corrected chi connectivity index (χ4v) is 3.10. The number of nitrogens with zero attached hydrogens (tertiary/aromatic N) is 1. The topological polar surface area (TPSA) is 63.1 Å². The molecule has 0 unspecified atom stereocenters.